The molecule has 1 atom stereocenters. The van der Waals surface area contributed by atoms with Gasteiger partial charge in [-0.3, -0.25) is 4.18 Å². The van der Waals surface area contributed by atoms with Crippen LogP contribution in [-0.4, -0.2) is 44.7 Å². The Morgan fingerprint density at radius 3 is 1.75 bits per heavy atom. The van der Waals surface area contributed by atoms with Gasteiger partial charge in [-0.05, 0) is 13.8 Å². The summed E-state index contributed by atoms with van der Waals surface area (Å²) < 4.78 is 107. The molecule has 5 nitrogen and oxygen atoms in total. The molecule has 0 aliphatic rings. The molecule has 0 aromatic heterocycles. The molecule has 0 bridgehead atoms. The SMILES string of the molecule is CCOC(=O)C(F)(C(F)(F)F)C(F)(F)S(=O)(=O)OCC. The number of halogens is 6. The van der Waals surface area contributed by atoms with Crippen molar-refractivity contribution >= 4 is 16.1 Å². The zero-order valence-electron chi connectivity index (χ0n) is 10.1. The van der Waals surface area contributed by atoms with E-state index in [4.69, 9.17) is 0 Å². The lowest BCUT2D eigenvalue weighted by Gasteiger charge is -2.31. The molecular weight excluding hydrogens is 322 g/mol. The largest absolute Gasteiger partial charge is 0.463 e. The molecule has 0 saturated heterocycles. The van der Waals surface area contributed by atoms with E-state index in [1.54, 1.807) is 0 Å². The first-order valence-corrected chi connectivity index (χ1v) is 6.40. The highest BCUT2D eigenvalue weighted by molar-refractivity contribution is 7.87. The molecule has 0 radical (unpaired) electrons. The molecule has 1 unspecified atom stereocenters. The quantitative estimate of drug-likeness (QED) is 0.421. The molecule has 0 aromatic rings. The van der Waals surface area contributed by atoms with Crippen LogP contribution < -0.4 is 0 Å². The van der Waals surface area contributed by atoms with Gasteiger partial charge in [0, 0.05) is 0 Å². The number of carbonyl (C=O) groups excluding carboxylic acids is 1. The maximum absolute atomic E-state index is 13.7. The lowest BCUT2D eigenvalue weighted by Crippen LogP contribution is -2.64. The van der Waals surface area contributed by atoms with Crippen molar-refractivity contribution in [2.24, 2.45) is 0 Å². The van der Waals surface area contributed by atoms with Gasteiger partial charge in [-0.25, -0.2) is 9.18 Å². The van der Waals surface area contributed by atoms with E-state index in [1.807, 2.05) is 0 Å². The Morgan fingerprint density at radius 2 is 1.45 bits per heavy atom. The van der Waals surface area contributed by atoms with Crippen molar-refractivity contribution in [1.82, 2.24) is 0 Å². The van der Waals surface area contributed by atoms with E-state index >= 15 is 0 Å². The second-order valence-corrected chi connectivity index (χ2v) is 4.91. The van der Waals surface area contributed by atoms with Crippen LogP contribution in [0.4, 0.5) is 26.3 Å². The number of rotatable bonds is 6. The lowest BCUT2D eigenvalue weighted by molar-refractivity contribution is -0.279. The molecule has 0 spiro atoms. The highest BCUT2D eigenvalue weighted by Crippen LogP contribution is 2.49. The molecule has 0 rings (SSSR count). The molecule has 0 heterocycles. The molecule has 0 saturated carbocycles. The summed E-state index contributed by atoms with van der Waals surface area (Å²) in [5.41, 5.74) is -6.08. The highest BCUT2D eigenvalue weighted by Gasteiger charge is 2.82. The molecule has 0 fully saturated rings. The van der Waals surface area contributed by atoms with E-state index in [-0.39, 0.29) is 0 Å². The normalized spacial score (nSPS) is 16.6. The number of ether oxygens (including phenoxy) is 1. The van der Waals surface area contributed by atoms with Crippen LogP contribution in [0.25, 0.3) is 0 Å². The molecule has 20 heavy (non-hydrogen) atoms. The van der Waals surface area contributed by atoms with E-state index in [9.17, 15) is 39.6 Å². The van der Waals surface area contributed by atoms with Crippen LogP contribution in [0.2, 0.25) is 0 Å². The van der Waals surface area contributed by atoms with Gasteiger partial charge in [-0.15, -0.1) is 0 Å². The molecule has 12 heteroatoms. The van der Waals surface area contributed by atoms with Crippen LogP contribution in [0.1, 0.15) is 13.8 Å². The number of esters is 1. The van der Waals surface area contributed by atoms with Crippen molar-refractivity contribution in [3.8, 4) is 0 Å². The van der Waals surface area contributed by atoms with Crippen LogP contribution in [0.15, 0.2) is 0 Å². The molecule has 0 N–H and O–H groups in total. The topological polar surface area (TPSA) is 69.7 Å². The Bertz CT molecular complexity index is 458. The Kier molecular flexibility index (Phi) is 5.46. The average molecular weight is 332 g/mol. The van der Waals surface area contributed by atoms with Gasteiger partial charge in [-0.1, -0.05) is 0 Å². The van der Waals surface area contributed by atoms with Gasteiger partial charge < -0.3 is 4.74 Å². The Balaban J connectivity index is 6.10. The second-order valence-electron chi connectivity index (χ2n) is 3.25. The van der Waals surface area contributed by atoms with Gasteiger partial charge in [0.05, 0.1) is 13.2 Å². The van der Waals surface area contributed by atoms with Crippen molar-refractivity contribution in [2.45, 2.75) is 30.9 Å². The fraction of sp³-hybridized carbons (Fsp3) is 0.875. The minimum Gasteiger partial charge on any atom is -0.463 e. The molecule has 120 valence electrons. The van der Waals surface area contributed by atoms with E-state index in [2.05, 4.69) is 8.92 Å². The van der Waals surface area contributed by atoms with Crippen molar-refractivity contribution in [1.29, 1.82) is 0 Å². The first kappa shape index (κ1) is 19.0. The van der Waals surface area contributed by atoms with Crippen molar-refractivity contribution in [3.63, 3.8) is 0 Å². The molecular formula is C8H10F6O5S. The third kappa shape index (κ3) is 2.85. The zero-order chi connectivity index (χ0) is 16.4. The third-order valence-corrected chi connectivity index (χ3v) is 3.39. The van der Waals surface area contributed by atoms with Crippen molar-refractivity contribution in [3.05, 3.63) is 0 Å². The van der Waals surface area contributed by atoms with Gasteiger partial charge >= 0.3 is 33.2 Å². The van der Waals surface area contributed by atoms with Crippen LogP contribution in [0.3, 0.4) is 0 Å². The Hall–Kier alpha value is -1.04. The van der Waals surface area contributed by atoms with E-state index in [1.165, 1.54) is 0 Å². The van der Waals surface area contributed by atoms with Crippen LogP contribution in [0.5, 0.6) is 0 Å². The van der Waals surface area contributed by atoms with E-state index in [0.29, 0.717) is 0 Å². The molecule has 0 aliphatic carbocycles. The minimum absolute atomic E-state index is 0.867. The molecule has 0 aliphatic heterocycles. The number of hydrogen-bond donors (Lipinski definition) is 0. The fourth-order valence-corrected chi connectivity index (χ4v) is 2.03. The predicted molar refractivity (Wildman–Crippen MR) is 52.0 cm³/mol. The monoisotopic (exact) mass is 332 g/mol. The summed E-state index contributed by atoms with van der Waals surface area (Å²) in [4.78, 5) is 10.9. The van der Waals surface area contributed by atoms with Gasteiger partial charge in [0.25, 0.3) is 0 Å². The van der Waals surface area contributed by atoms with Gasteiger partial charge in [0.1, 0.15) is 0 Å². The Morgan fingerprint density at radius 1 is 1.00 bits per heavy atom. The first-order valence-electron chi connectivity index (χ1n) is 4.99. The summed E-state index contributed by atoms with van der Waals surface area (Å²) in [6.07, 6.45) is -6.53. The van der Waals surface area contributed by atoms with Gasteiger partial charge in [0.2, 0.25) is 0 Å². The number of hydrogen-bond acceptors (Lipinski definition) is 5. The second kappa shape index (κ2) is 5.76. The first-order chi connectivity index (χ1) is 8.79. The smallest absolute Gasteiger partial charge is 0.441 e. The van der Waals surface area contributed by atoms with E-state index in [0.717, 1.165) is 13.8 Å². The average Bonchev–Trinajstić information content (AvgIpc) is 2.25. The summed E-state index contributed by atoms with van der Waals surface area (Å²) in [7, 11) is -6.34. The minimum atomic E-state index is -6.53. The summed E-state index contributed by atoms with van der Waals surface area (Å²) in [5.74, 6) is -3.07. The highest BCUT2D eigenvalue weighted by atomic mass is 32.2. The summed E-state index contributed by atoms with van der Waals surface area (Å²) >= 11 is 0. The lowest BCUT2D eigenvalue weighted by atomic mass is 10.1. The van der Waals surface area contributed by atoms with Crippen molar-refractivity contribution < 1.29 is 48.5 Å². The number of carbonyl (C=O) groups is 1. The molecule has 0 aromatic carbocycles. The zero-order valence-corrected chi connectivity index (χ0v) is 10.9. The summed E-state index contributed by atoms with van der Waals surface area (Å²) in [6.45, 7) is -0.0601. The third-order valence-electron chi connectivity index (χ3n) is 1.94. The van der Waals surface area contributed by atoms with E-state index < -0.39 is 46.4 Å². The van der Waals surface area contributed by atoms with Crippen LogP contribution >= 0.6 is 0 Å². The van der Waals surface area contributed by atoms with Crippen LogP contribution in [0, 0.1) is 0 Å². The summed E-state index contributed by atoms with van der Waals surface area (Å²) in [5, 5.41) is -6.21. The van der Waals surface area contributed by atoms with Gasteiger partial charge in [0.15, 0.2) is 0 Å². The number of alkyl halides is 6. The maximum atomic E-state index is 13.7. The summed E-state index contributed by atoms with van der Waals surface area (Å²) in [6, 6.07) is 0. The molecule has 0 amide bonds. The maximum Gasteiger partial charge on any atom is 0.441 e. The van der Waals surface area contributed by atoms with Gasteiger partial charge in [-0.2, -0.15) is 30.4 Å². The van der Waals surface area contributed by atoms with Crippen LogP contribution in [-0.2, 0) is 23.8 Å². The predicted octanol–water partition coefficient (Wildman–Crippen LogP) is 1.78. The van der Waals surface area contributed by atoms with Crippen molar-refractivity contribution in [2.75, 3.05) is 13.2 Å². The Labute approximate surface area is 110 Å². The fourth-order valence-electron chi connectivity index (χ4n) is 1.03. The standard InChI is InChI=1S/C8H10F6O5S/c1-3-18-5(15)6(9,7(10,11)12)8(13,14)20(16,17)19-4-2/h3-4H2,1-2H3.